The summed E-state index contributed by atoms with van der Waals surface area (Å²) in [7, 11) is -3.39. The van der Waals surface area contributed by atoms with Gasteiger partial charge in [-0.25, -0.2) is 8.42 Å². The lowest BCUT2D eigenvalue weighted by Crippen LogP contribution is -2.47. The van der Waals surface area contributed by atoms with Gasteiger partial charge in [0.05, 0.1) is 25.4 Å². The Balaban J connectivity index is 1.48. The molecule has 3 N–H and O–H groups in total. The van der Waals surface area contributed by atoms with Crippen LogP contribution in [-0.2, 0) is 19.6 Å². The van der Waals surface area contributed by atoms with E-state index in [1.165, 1.54) is 0 Å². The molecule has 9 heteroatoms. The van der Waals surface area contributed by atoms with Crippen molar-refractivity contribution in [2.75, 3.05) is 17.6 Å². The number of carbonyl (C=O) groups excluding carboxylic acids is 1. The van der Waals surface area contributed by atoms with E-state index in [0.717, 1.165) is 37.5 Å². The van der Waals surface area contributed by atoms with E-state index in [2.05, 4.69) is 10.0 Å². The molecule has 0 radical (unpaired) electrons. The molecule has 1 saturated heterocycles. The topological polar surface area (TPSA) is 114 Å². The summed E-state index contributed by atoms with van der Waals surface area (Å²) in [6.07, 6.45) is 5.08. The first kappa shape index (κ1) is 20.4. The van der Waals surface area contributed by atoms with Crippen molar-refractivity contribution in [2.24, 2.45) is 0 Å². The molecule has 0 bridgehead atoms. The highest BCUT2D eigenvalue weighted by Gasteiger charge is 2.46. The number of nitrogens with one attached hydrogen (secondary N) is 2. The summed E-state index contributed by atoms with van der Waals surface area (Å²) in [6, 6.07) is 5.42. The third kappa shape index (κ3) is 4.67. The minimum atomic E-state index is -3.39. The lowest BCUT2D eigenvalue weighted by Gasteiger charge is -2.37. The number of aliphatic hydroxyl groups excluding tert-OH is 1. The molecule has 0 unspecified atom stereocenters. The Hall–Kier alpha value is -1.84. The molecule has 2 heterocycles. The highest BCUT2D eigenvalue weighted by molar-refractivity contribution is 7.92. The molecule has 2 fully saturated rings. The zero-order valence-corrected chi connectivity index (χ0v) is 17.3. The molecule has 1 aliphatic carbocycles. The van der Waals surface area contributed by atoms with Crippen molar-refractivity contribution in [2.45, 2.75) is 68.8 Å². The van der Waals surface area contributed by atoms with Crippen molar-refractivity contribution in [1.29, 1.82) is 0 Å². The van der Waals surface area contributed by atoms with Gasteiger partial charge in [-0.2, -0.15) is 0 Å². The maximum absolute atomic E-state index is 12.4. The van der Waals surface area contributed by atoms with Crippen LogP contribution < -0.4 is 14.8 Å². The summed E-state index contributed by atoms with van der Waals surface area (Å²) in [5.41, 5.74) is 1.35. The summed E-state index contributed by atoms with van der Waals surface area (Å²) in [5, 5.41) is 12.9. The van der Waals surface area contributed by atoms with E-state index in [9.17, 15) is 18.3 Å². The van der Waals surface area contributed by atoms with Gasteiger partial charge in [0, 0.05) is 23.2 Å². The van der Waals surface area contributed by atoms with E-state index in [0.29, 0.717) is 17.9 Å². The zero-order valence-electron chi connectivity index (χ0n) is 16.5. The van der Waals surface area contributed by atoms with Gasteiger partial charge in [-0.1, -0.05) is 12.8 Å². The number of aliphatic hydroxyl groups is 1. The Morgan fingerprint density at radius 3 is 2.72 bits per heavy atom. The van der Waals surface area contributed by atoms with Gasteiger partial charge in [-0.15, -0.1) is 0 Å². The summed E-state index contributed by atoms with van der Waals surface area (Å²) in [4.78, 5) is 12.4. The van der Waals surface area contributed by atoms with E-state index < -0.39 is 16.1 Å². The third-order valence-corrected chi connectivity index (χ3v) is 6.54. The lowest BCUT2D eigenvalue weighted by atomic mass is 9.84. The van der Waals surface area contributed by atoms with Crippen LogP contribution in [0, 0.1) is 0 Å². The normalized spacial score (nSPS) is 29.0. The van der Waals surface area contributed by atoms with E-state index in [1.807, 2.05) is 0 Å². The van der Waals surface area contributed by atoms with Gasteiger partial charge < -0.3 is 19.9 Å². The van der Waals surface area contributed by atoms with Crippen molar-refractivity contribution < 1.29 is 27.8 Å². The van der Waals surface area contributed by atoms with Crippen molar-refractivity contribution >= 4 is 21.6 Å². The highest BCUT2D eigenvalue weighted by atomic mass is 32.2. The van der Waals surface area contributed by atoms with Gasteiger partial charge in [0.1, 0.15) is 18.0 Å². The molecular weight excluding hydrogens is 396 g/mol. The fraction of sp³-hybridized carbons (Fsp3) is 0.650. The maximum atomic E-state index is 12.4. The Labute approximate surface area is 171 Å². The first-order valence-corrected chi connectivity index (χ1v) is 12.1. The number of carbonyl (C=O) groups is 1. The molecule has 29 heavy (non-hydrogen) atoms. The highest BCUT2D eigenvalue weighted by Crippen LogP contribution is 2.47. The number of rotatable bonds is 6. The number of fused-ring (bicyclic) bond motifs is 3. The van der Waals surface area contributed by atoms with Crippen LogP contribution in [0.2, 0.25) is 0 Å². The molecule has 4 rings (SSSR count). The molecule has 0 spiro atoms. The number of anilines is 1. The van der Waals surface area contributed by atoms with Crippen molar-refractivity contribution in [1.82, 2.24) is 5.32 Å². The Bertz CT molecular complexity index is 868. The van der Waals surface area contributed by atoms with Gasteiger partial charge in [0.2, 0.25) is 15.9 Å². The number of hydrogen-bond donors (Lipinski definition) is 3. The Morgan fingerprint density at radius 2 is 2.03 bits per heavy atom. The summed E-state index contributed by atoms with van der Waals surface area (Å²) >= 11 is 0. The second-order valence-electron chi connectivity index (χ2n) is 8.28. The SMILES string of the molecule is CS(=O)(=O)Nc1ccc2c(c1)[C@H]1C[C@H](CC(=O)NC3CCCC3)O[C@@H](CO)[C@H]1O2. The molecule has 0 aromatic heterocycles. The average molecular weight is 425 g/mol. The van der Waals surface area contributed by atoms with Crippen LogP contribution in [0.4, 0.5) is 5.69 Å². The van der Waals surface area contributed by atoms with Gasteiger partial charge in [0.15, 0.2) is 0 Å². The van der Waals surface area contributed by atoms with Crippen LogP contribution >= 0.6 is 0 Å². The average Bonchev–Trinajstić information content (AvgIpc) is 3.27. The molecule has 1 aromatic carbocycles. The number of hydrogen-bond acceptors (Lipinski definition) is 6. The molecule has 1 amide bonds. The fourth-order valence-corrected chi connectivity index (χ4v) is 5.29. The van der Waals surface area contributed by atoms with Crippen molar-refractivity contribution in [3.63, 3.8) is 0 Å². The van der Waals surface area contributed by atoms with Gasteiger partial charge >= 0.3 is 0 Å². The Kier molecular flexibility index (Phi) is 5.72. The lowest BCUT2D eigenvalue weighted by molar-refractivity contribution is -0.142. The first-order valence-electron chi connectivity index (χ1n) is 10.2. The quantitative estimate of drug-likeness (QED) is 0.638. The van der Waals surface area contributed by atoms with E-state index in [-0.39, 0.29) is 43.1 Å². The third-order valence-electron chi connectivity index (χ3n) is 5.94. The predicted octanol–water partition coefficient (Wildman–Crippen LogP) is 1.50. The molecule has 8 nitrogen and oxygen atoms in total. The molecule has 4 atom stereocenters. The van der Waals surface area contributed by atoms with Gasteiger partial charge in [-0.05, 0) is 37.5 Å². The van der Waals surface area contributed by atoms with Crippen LogP contribution in [0.1, 0.15) is 50.0 Å². The molecule has 1 aromatic rings. The Morgan fingerprint density at radius 1 is 1.28 bits per heavy atom. The number of amides is 1. The van der Waals surface area contributed by atoms with Crippen molar-refractivity contribution in [3.8, 4) is 5.75 Å². The predicted molar refractivity (Wildman–Crippen MR) is 107 cm³/mol. The van der Waals surface area contributed by atoms with Crippen LogP contribution in [0.3, 0.4) is 0 Å². The summed E-state index contributed by atoms with van der Waals surface area (Å²) < 4.78 is 37.6. The van der Waals surface area contributed by atoms with Gasteiger partial charge in [0.25, 0.3) is 0 Å². The molecule has 1 saturated carbocycles. The molecular formula is C20H28N2O6S. The largest absolute Gasteiger partial charge is 0.487 e. The van der Waals surface area contributed by atoms with Crippen molar-refractivity contribution in [3.05, 3.63) is 23.8 Å². The summed E-state index contributed by atoms with van der Waals surface area (Å²) in [5.74, 6) is 0.572. The fourth-order valence-electron chi connectivity index (χ4n) is 4.73. The molecule has 160 valence electrons. The zero-order chi connectivity index (χ0) is 20.6. The van der Waals surface area contributed by atoms with Crippen LogP contribution in [0.15, 0.2) is 18.2 Å². The number of sulfonamides is 1. The maximum Gasteiger partial charge on any atom is 0.229 e. The minimum Gasteiger partial charge on any atom is -0.487 e. The number of benzene rings is 1. The second kappa shape index (κ2) is 8.12. The standard InChI is InChI=1S/C20H28N2O6S/c1-29(25,26)22-13-6-7-17-15(8-13)16-9-14(27-18(11-23)20(16)28-17)10-19(24)21-12-4-2-3-5-12/h6-8,12,14,16,18,20,22-23H,2-5,9-11H2,1H3,(H,21,24)/t14-,16-,18+,20+/m1/s1. The monoisotopic (exact) mass is 424 g/mol. The minimum absolute atomic E-state index is 0.0244. The van der Waals surface area contributed by atoms with Crippen LogP contribution in [0.25, 0.3) is 0 Å². The van der Waals surface area contributed by atoms with E-state index in [1.54, 1.807) is 18.2 Å². The van der Waals surface area contributed by atoms with Crippen LogP contribution in [0.5, 0.6) is 5.75 Å². The second-order valence-corrected chi connectivity index (χ2v) is 10.0. The summed E-state index contributed by atoms with van der Waals surface area (Å²) in [6.45, 7) is -0.204. The number of ether oxygens (including phenoxy) is 2. The van der Waals surface area contributed by atoms with E-state index >= 15 is 0 Å². The first-order chi connectivity index (χ1) is 13.8. The van der Waals surface area contributed by atoms with Gasteiger partial charge in [-0.3, -0.25) is 9.52 Å². The molecule has 2 aliphatic heterocycles. The van der Waals surface area contributed by atoms with Crippen LogP contribution in [-0.4, -0.2) is 56.6 Å². The van der Waals surface area contributed by atoms with E-state index in [4.69, 9.17) is 9.47 Å². The smallest absolute Gasteiger partial charge is 0.229 e. The molecule has 3 aliphatic rings.